The van der Waals surface area contributed by atoms with Gasteiger partial charge in [-0.1, -0.05) is 24.3 Å². The van der Waals surface area contributed by atoms with Gasteiger partial charge >= 0.3 is 0 Å². The molecule has 1 N–H and O–H groups in total. The number of carbonyl (C=O) groups is 2. The molecule has 1 aliphatic rings. The third kappa shape index (κ3) is 4.09. The maximum absolute atomic E-state index is 14.1. The van der Waals surface area contributed by atoms with Crippen LogP contribution in [0.25, 0.3) is 0 Å². The van der Waals surface area contributed by atoms with E-state index in [9.17, 15) is 14.0 Å². The van der Waals surface area contributed by atoms with Gasteiger partial charge in [-0.2, -0.15) is 0 Å². The standard InChI is InChI=1S/C22H18FN3O2S/c1-14-8-9-16(15(23)11-14)25-21(27)13-26-19-6-3-2-5-17(19)24-18(12-22(26)28)20-7-4-10-29-20/h2-11H,12-13H2,1H3,(H,25,27). The van der Waals surface area contributed by atoms with E-state index in [4.69, 9.17) is 0 Å². The van der Waals surface area contributed by atoms with Gasteiger partial charge in [0.2, 0.25) is 11.8 Å². The lowest BCUT2D eigenvalue weighted by Gasteiger charge is -2.22. The Bertz CT molecular complexity index is 1110. The van der Waals surface area contributed by atoms with E-state index in [0.29, 0.717) is 17.1 Å². The first-order valence-electron chi connectivity index (χ1n) is 9.08. The van der Waals surface area contributed by atoms with Crippen LogP contribution in [0.3, 0.4) is 0 Å². The van der Waals surface area contributed by atoms with Crippen LogP contribution in [0.5, 0.6) is 0 Å². The molecule has 5 nitrogen and oxygen atoms in total. The second-order valence-electron chi connectivity index (χ2n) is 6.71. The van der Waals surface area contributed by atoms with Crippen molar-refractivity contribution in [2.24, 2.45) is 4.99 Å². The molecule has 0 spiro atoms. The van der Waals surface area contributed by atoms with Gasteiger partial charge in [0.05, 0.1) is 29.2 Å². The summed E-state index contributed by atoms with van der Waals surface area (Å²) in [5.41, 5.74) is 2.70. The third-order valence-electron chi connectivity index (χ3n) is 4.55. The highest BCUT2D eigenvalue weighted by atomic mass is 32.1. The van der Waals surface area contributed by atoms with Crippen LogP contribution < -0.4 is 10.2 Å². The van der Waals surface area contributed by atoms with E-state index >= 15 is 0 Å². The van der Waals surface area contributed by atoms with Crippen LogP contribution in [-0.2, 0) is 9.59 Å². The zero-order valence-corrected chi connectivity index (χ0v) is 16.5. The van der Waals surface area contributed by atoms with E-state index in [1.165, 1.54) is 28.4 Å². The van der Waals surface area contributed by atoms with Gasteiger partial charge in [-0.15, -0.1) is 11.3 Å². The first-order valence-corrected chi connectivity index (χ1v) is 9.96. The third-order valence-corrected chi connectivity index (χ3v) is 5.47. The highest BCUT2D eigenvalue weighted by Crippen LogP contribution is 2.33. The molecule has 0 saturated heterocycles. The Labute approximate surface area is 171 Å². The van der Waals surface area contributed by atoms with Crippen LogP contribution in [0, 0.1) is 12.7 Å². The lowest BCUT2D eigenvalue weighted by Crippen LogP contribution is -2.38. The number of amides is 2. The molecule has 3 aromatic rings. The van der Waals surface area contributed by atoms with Crippen molar-refractivity contribution < 1.29 is 14.0 Å². The molecule has 2 amide bonds. The van der Waals surface area contributed by atoms with Crippen molar-refractivity contribution in [1.82, 2.24) is 0 Å². The summed E-state index contributed by atoms with van der Waals surface area (Å²) in [4.78, 5) is 32.6. The molecule has 0 aliphatic carbocycles. The van der Waals surface area contributed by atoms with Crippen LogP contribution in [0.2, 0.25) is 0 Å². The van der Waals surface area contributed by atoms with Crippen molar-refractivity contribution in [3.63, 3.8) is 0 Å². The lowest BCUT2D eigenvalue weighted by atomic mass is 10.2. The summed E-state index contributed by atoms with van der Waals surface area (Å²) in [7, 11) is 0. The Morgan fingerprint density at radius 2 is 2.03 bits per heavy atom. The van der Waals surface area contributed by atoms with E-state index in [-0.39, 0.29) is 24.6 Å². The fourth-order valence-electron chi connectivity index (χ4n) is 3.16. The number of hydrogen-bond donors (Lipinski definition) is 1. The summed E-state index contributed by atoms with van der Waals surface area (Å²) in [5.74, 6) is -1.22. The molecule has 2 heterocycles. The fourth-order valence-corrected chi connectivity index (χ4v) is 3.87. The maximum atomic E-state index is 14.1. The van der Waals surface area contributed by atoms with E-state index in [1.54, 1.807) is 25.1 Å². The van der Waals surface area contributed by atoms with E-state index < -0.39 is 11.7 Å². The molecule has 0 saturated carbocycles. The number of rotatable bonds is 4. The number of para-hydroxylation sites is 2. The van der Waals surface area contributed by atoms with E-state index in [2.05, 4.69) is 10.3 Å². The van der Waals surface area contributed by atoms with Crippen molar-refractivity contribution >= 4 is 45.9 Å². The Hall–Kier alpha value is -3.32. The molecular weight excluding hydrogens is 389 g/mol. The second-order valence-corrected chi connectivity index (χ2v) is 7.66. The molecular formula is C22H18FN3O2S. The van der Waals surface area contributed by atoms with Gasteiger partial charge in [0.1, 0.15) is 12.4 Å². The van der Waals surface area contributed by atoms with Crippen LogP contribution >= 0.6 is 11.3 Å². The summed E-state index contributed by atoms with van der Waals surface area (Å²) in [6, 6.07) is 15.6. The second kappa shape index (κ2) is 7.97. The molecule has 4 rings (SSSR count). The molecule has 0 atom stereocenters. The van der Waals surface area contributed by atoms with Crippen molar-refractivity contribution in [2.75, 3.05) is 16.8 Å². The van der Waals surface area contributed by atoms with Gasteiger partial charge in [0, 0.05) is 4.88 Å². The molecule has 146 valence electrons. The Morgan fingerprint density at radius 1 is 1.21 bits per heavy atom. The molecule has 0 radical (unpaired) electrons. The first-order chi connectivity index (χ1) is 14.0. The smallest absolute Gasteiger partial charge is 0.244 e. The summed E-state index contributed by atoms with van der Waals surface area (Å²) in [5, 5.41) is 4.48. The first kappa shape index (κ1) is 19.0. The number of nitrogens with one attached hydrogen (secondary N) is 1. The SMILES string of the molecule is Cc1ccc(NC(=O)CN2C(=O)CC(c3cccs3)=Nc3ccccc32)c(F)c1. The van der Waals surface area contributed by atoms with Crippen molar-refractivity contribution in [1.29, 1.82) is 0 Å². The number of hydrogen-bond acceptors (Lipinski definition) is 4. The number of fused-ring (bicyclic) bond motifs is 1. The van der Waals surface area contributed by atoms with Gasteiger partial charge < -0.3 is 10.2 Å². The number of halogens is 1. The molecule has 1 aromatic heterocycles. The molecule has 2 aromatic carbocycles. The summed E-state index contributed by atoms with van der Waals surface area (Å²) in [6.45, 7) is 1.54. The van der Waals surface area contributed by atoms with Gasteiger partial charge in [-0.3, -0.25) is 9.59 Å². The lowest BCUT2D eigenvalue weighted by molar-refractivity contribution is -0.120. The van der Waals surface area contributed by atoms with Gasteiger partial charge in [-0.25, -0.2) is 9.38 Å². The highest BCUT2D eigenvalue weighted by Gasteiger charge is 2.27. The predicted octanol–water partition coefficient (Wildman–Crippen LogP) is 4.69. The topological polar surface area (TPSA) is 61.8 Å². The monoisotopic (exact) mass is 407 g/mol. The number of anilines is 2. The maximum Gasteiger partial charge on any atom is 0.244 e. The predicted molar refractivity (Wildman–Crippen MR) is 114 cm³/mol. The molecule has 1 aliphatic heterocycles. The Morgan fingerprint density at radius 3 is 2.79 bits per heavy atom. The summed E-state index contributed by atoms with van der Waals surface area (Å²) in [6.07, 6.45) is 0.0847. The number of nitrogens with zero attached hydrogens (tertiary/aromatic N) is 2. The van der Waals surface area contributed by atoms with Crippen LogP contribution in [0.4, 0.5) is 21.5 Å². The molecule has 0 fully saturated rings. The average molecular weight is 407 g/mol. The number of benzene rings is 2. The van der Waals surface area contributed by atoms with E-state index in [0.717, 1.165) is 10.4 Å². The zero-order chi connectivity index (χ0) is 20.4. The number of aliphatic imine (C=N–C) groups is 1. The zero-order valence-electron chi connectivity index (χ0n) is 15.7. The minimum Gasteiger partial charge on any atom is -0.322 e. The molecule has 7 heteroatoms. The minimum atomic E-state index is -0.510. The molecule has 0 bridgehead atoms. The van der Waals surface area contributed by atoms with Gasteiger partial charge in [0.25, 0.3) is 0 Å². The van der Waals surface area contributed by atoms with E-state index in [1.807, 2.05) is 29.6 Å². The average Bonchev–Trinajstić information content (AvgIpc) is 3.19. The van der Waals surface area contributed by atoms with Crippen LogP contribution in [0.1, 0.15) is 16.9 Å². The normalized spacial score (nSPS) is 13.5. The Kier molecular flexibility index (Phi) is 5.22. The van der Waals surface area contributed by atoms with Crippen LogP contribution in [0.15, 0.2) is 65.0 Å². The minimum absolute atomic E-state index is 0.0847. The van der Waals surface area contributed by atoms with Crippen molar-refractivity contribution in [3.8, 4) is 0 Å². The van der Waals surface area contributed by atoms with Crippen molar-refractivity contribution in [3.05, 3.63) is 76.2 Å². The van der Waals surface area contributed by atoms with Gasteiger partial charge in [0.15, 0.2) is 0 Å². The van der Waals surface area contributed by atoms with Crippen LogP contribution in [-0.4, -0.2) is 24.1 Å². The molecule has 0 unspecified atom stereocenters. The summed E-state index contributed by atoms with van der Waals surface area (Å²) >= 11 is 1.51. The fraction of sp³-hybridized carbons (Fsp3) is 0.136. The van der Waals surface area contributed by atoms with Crippen molar-refractivity contribution in [2.45, 2.75) is 13.3 Å². The number of aryl methyl sites for hydroxylation is 1. The largest absolute Gasteiger partial charge is 0.322 e. The van der Waals surface area contributed by atoms with Gasteiger partial charge in [-0.05, 0) is 48.2 Å². The summed E-state index contributed by atoms with van der Waals surface area (Å²) < 4.78 is 14.1. The molecule has 29 heavy (non-hydrogen) atoms. The quantitative estimate of drug-likeness (QED) is 0.682. The number of carbonyl (C=O) groups excluding carboxylic acids is 2. The Balaban J connectivity index is 1.60. The number of thiophene rings is 1. The highest BCUT2D eigenvalue weighted by molar-refractivity contribution is 7.12.